The molecule has 4 aliphatic heterocycles. The van der Waals surface area contributed by atoms with Crippen LogP contribution in [0.1, 0.15) is 38.2 Å². The Kier molecular flexibility index (Phi) is 7.45. The van der Waals surface area contributed by atoms with Gasteiger partial charge >= 0.3 is 6.01 Å². The van der Waals surface area contributed by atoms with E-state index in [-0.39, 0.29) is 39.1 Å². The third-order valence-corrected chi connectivity index (χ3v) is 11.8. The van der Waals surface area contributed by atoms with Gasteiger partial charge in [0, 0.05) is 73.0 Å². The van der Waals surface area contributed by atoms with Gasteiger partial charge in [-0.25, -0.2) is 8.78 Å². The highest BCUT2D eigenvalue weighted by Crippen LogP contribution is 2.48. The first kappa shape index (κ1) is 30.7. The van der Waals surface area contributed by atoms with E-state index in [0.29, 0.717) is 70.1 Å². The number of aromatic hydroxyl groups is 1. The van der Waals surface area contributed by atoms with E-state index in [1.165, 1.54) is 12.1 Å². The van der Waals surface area contributed by atoms with Crippen molar-refractivity contribution in [3.8, 4) is 22.9 Å². The van der Waals surface area contributed by atoms with Crippen molar-refractivity contribution in [1.82, 2.24) is 20.2 Å². The summed E-state index contributed by atoms with van der Waals surface area (Å²) in [5.74, 6) is 0.768. The number of aryl methyl sites for hydroxylation is 1. The smallest absolute Gasteiger partial charge is 0.319 e. The van der Waals surface area contributed by atoms with Crippen LogP contribution in [0.25, 0.3) is 32.8 Å². The van der Waals surface area contributed by atoms with Crippen LogP contribution in [0.2, 0.25) is 5.02 Å². The largest absolute Gasteiger partial charge is 0.508 e. The van der Waals surface area contributed by atoms with Gasteiger partial charge in [0.1, 0.15) is 22.9 Å². The van der Waals surface area contributed by atoms with Gasteiger partial charge < -0.3 is 29.7 Å². The van der Waals surface area contributed by atoms with E-state index in [1.54, 1.807) is 18.2 Å². The highest BCUT2D eigenvalue weighted by atomic mass is 35.5. The summed E-state index contributed by atoms with van der Waals surface area (Å²) in [5, 5.41) is 16.1. The SMILES string of the molecule is CCc1c(F)ccc2cc(O)cc(-c3c(Cl)cc4c(N5CC6CCC(C5)N6)nc(OCC5(CN6C[C@H]7COC[C@@H]7C6)CC5)nc4c3F)c12. The van der Waals surface area contributed by atoms with Gasteiger partial charge in [-0.3, -0.25) is 0 Å². The number of fused-ring (bicyclic) bond motifs is 5. The van der Waals surface area contributed by atoms with Crippen molar-refractivity contribution in [3.05, 3.63) is 52.6 Å². The van der Waals surface area contributed by atoms with E-state index in [1.807, 2.05) is 6.92 Å². The molecule has 5 heterocycles. The predicted octanol–water partition coefficient (Wildman–Crippen LogP) is 6.33. The number of nitrogens with zero attached hydrogens (tertiary/aromatic N) is 4. The number of ether oxygens (including phenoxy) is 2. The van der Waals surface area contributed by atoms with Crippen LogP contribution < -0.4 is 15.0 Å². The Hall–Kier alpha value is -3.31. The van der Waals surface area contributed by atoms with Gasteiger partial charge in [0.15, 0.2) is 5.82 Å². The van der Waals surface area contributed by atoms with Crippen LogP contribution in [-0.4, -0.2) is 84.6 Å². The fraction of sp³-hybridized carbons (Fsp3) is 0.514. The van der Waals surface area contributed by atoms with Crippen molar-refractivity contribution in [2.45, 2.75) is 51.1 Å². The number of hydrogen-bond donors (Lipinski definition) is 2. The summed E-state index contributed by atoms with van der Waals surface area (Å²) >= 11 is 6.95. The molecule has 252 valence electrons. The number of likely N-dealkylation sites (tertiary alicyclic amines) is 1. The molecule has 1 aliphatic carbocycles. The number of nitrogens with one attached hydrogen (secondary N) is 1. The van der Waals surface area contributed by atoms with Crippen molar-refractivity contribution in [2.75, 3.05) is 57.4 Å². The molecule has 11 heteroatoms. The Morgan fingerprint density at radius 2 is 1.79 bits per heavy atom. The molecule has 1 aromatic heterocycles. The number of anilines is 1. The number of piperazine rings is 1. The summed E-state index contributed by atoms with van der Waals surface area (Å²) in [4.78, 5) is 14.4. The molecule has 4 saturated heterocycles. The second kappa shape index (κ2) is 11.6. The summed E-state index contributed by atoms with van der Waals surface area (Å²) in [6.07, 6.45) is 4.71. The molecule has 3 aromatic carbocycles. The topological polar surface area (TPSA) is 83.0 Å². The molecule has 5 aliphatic rings. The van der Waals surface area contributed by atoms with Gasteiger partial charge in [0.05, 0.1) is 24.8 Å². The van der Waals surface area contributed by atoms with E-state index in [4.69, 9.17) is 31.0 Å². The van der Waals surface area contributed by atoms with Crippen molar-refractivity contribution in [3.63, 3.8) is 0 Å². The van der Waals surface area contributed by atoms with E-state index in [2.05, 4.69) is 15.1 Å². The highest BCUT2D eigenvalue weighted by Gasteiger charge is 2.48. The van der Waals surface area contributed by atoms with Gasteiger partial charge in [0.25, 0.3) is 0 Å². The Labute approximate surface area is 283 Å². The lowest BCUT2D eigenvalue weighted by Gasteiger charge is -2.34. The van der Waals surface area contributed by atoms with Crippen LogP contribution in [0.4, 0.5) is 14.6 Å². The number of aromatic nitrogens is 2. The molecule has 2 bridgehead atoms. The predicted molar refractivity (Wildman–Crippen MR) is 182 cm³/mol. The van der Waals surface area contributed by atoms with Crippen LogP contribution >= 0.6 is 11.6 Å². The summed E-state index contributed by atoms with van der Waals surface area (Å²) in [5.41, 5.74) is 0.973. The highest BCUT2D eigenvalue weighted by molar-refractivity contribution is 6.35. The van der Waals surface area contributed by atoms with Gasteiger partial charge in [-0.15, -0.1) is 0 Å². The van der Waals surface area contributed by atoms with Crippen LogP contribution in [0.15, 0.2) is 30.3 Å². The summed E-state index contributed by atoms with van der Waals surface area (Å²) < 4.78 is 44.3. The average molecular weight is 676 g/mol. The third kappa shape index (κ3) is 5.27. The minimum Gasteiger partial charge on any atom is -0.508 e. The molecule has 48 heavy (non-hydrogen) atoms. The molecule has 0 spiro atoms. The lowest BCUT2D eigenvalue weighted by atomic mass is 9.92. The minimum absolute atomic E-state index is 0.0386. The maximum Gasteiger partial charge on any atom is 0.319 e. The quantitative estimate of drug-likeness (QED) is 0.224. The first-order chi connectivity index (χ1) is 23.3. The lowest BCUT2D eigenvalue weighted by Crippen LogP contribution is -2.51. The fourth-order valence-corrected chi connectivity index (χ4v) is 9.15. The van der Waals surface area contributed by atoms with Crippen molar-refractivity contribution in [2.24, 2.45) is 17.3 Å². The van der Waals surface area contributed by atoms with E-state index in [0.717, 1.165) is 71.6 Å². The summed E-state index contributed by atoms with van der Waals surface area (Å²) in [7, 11) is 0. The Morgan fingerprint density at radius 1 is 1.04 bits per heavy atom. The van der Waals surface area contributed by atoms with Gasteiger partial charge in [0.2, 0.25) is 0 Å². The monoisotopic (exact) mass is 675 g/mol. The third-order valence-electron chi connectivity index (χ3n) is 11.5. The van der Waals surface area contributed by atoms with Crippen molar-refractivity contribution in [1.29, 1.82) is 0 Å². The molecule has 1 saturated carbocycles. The van der Waals surface area contributed by atoms with E-state index >= 15 is 8.78 Å². The summed E-state index contributed by atoms with van der Waals surface area (Å²) in [6, 6.07) is 8.53. The van der Waals surface area contributed by atoms with Crippen LogP contribution in [0.3, 0.4) is 0 Å². The van der Waals surface area contributed by atoms with Crippen molar-refractivity contribution < 1.29 is 23.4 Å². The number of benzene rings is 3. The number of hydrogen-bond acceptors (Lipinski definition) is 8. The van der Waals surface area contributed by atoms with Gasteiger partial charge in [-0.2, -0.15) is 9.97 Å². The molecule has 4 aromatic rings. The molecule has 4 atom stereocenters. The number of phenols is 1. The second-order valence-corrected chi connectivity index (χ2v) is 15.2. The van der Waals surface area contributed by atoms with Gasteiger partial charge in [-0.05, 0) is 78.3 Å². The number of phenolic OH excluding ortho intramolecular Hbond substituents is 1. The minimum atomic E-state index is -0.644. The molecule has 0 amide bonds. The molecule has 9 rings (SSSR count). The molecular weight excluding hydrogens is 636 g/mol. The standard InChI is InChI=1S/C37H40ClF2N5O3/c1-2-26-30(39)6-3-20-9-25(46)10-27(31(20)26)32-29(38)11-28-34(33(32)40)42-36(43-35(28)45-14-23-4-5-24(15-45)41-23)48-19-37(7-8-37)18-44-12-21-16-47-17-22(21)13-44/h3,6,9-11,21-24,41,46H,2,4-5,7-8,12-19H2,1H3/t21-,22-,23?,24?/m0/s1. The maximum atomic E-state index is 17.1. The lowest BCUT2D eigenvalue weighted by molar-refractivity contribution is 0.131. The Balaban J connectivity index is 1.12. The zero-order valence-corrected chi connectivity index (χ0v) is 27.8. The van der Waals surface area contributed by atoms with Crippen LogP contribution in [0, 0.1) is 28.9 Å². The molecule has 8 nitrogen and oxygen atoms in total. The first-order valence-electron chi connectivity index (χ1n) is 17.4. The van der Waals surface area contributed by atoms with Gasteiger partial charge in [-0.1, -0.05) is 24.6 Å². The Morgan fingerprint density at radius 3 is 2.50 bits per heavy atom. The van der Waals surface area contributed by atoms with Crippen molar-refractivity contribution >= 4 is 39.1 Å². The zero-order chi connectivity index (χ0) is 32.7. The second-order valence-electron chi connectivity index (χ2n) is 14.8. The van der Waals surface area contributed by atoms with E-state index in [9.17, 15) is 5.11 Å². The summed E-state index contributed by atoms with van der Waals surface area (Å²) in [6.45, 7) is 8.62. The molecular formula is C37H40ClF2N5O3. The number of rotatable bonds is 8. The normalized spacial score (nSPS) is 26.1. The molecule has 0 radical (unpaired) electrons. The zero-order valence-electron chi connectivity index (χ0n) is 27.1. The van der Waals surface area contributed by atoms with E-state index < -0.39 is 5.82 Å². The fourth-order valence-electron chi connectivity index (χ4n) is 8.86. The number of halogens is 3. The Bertz CT molecular complexity index is 1920. The van der Waals surface area contributed by atoms with Crippen LogP contribution in [0.5, 0.6) is 11.8 Å². The molecule has 5 fully saturated rings. The molecule has 2 unspecified atom stereocenters. The molecule has 2 N–H and O–H groups in total. The average Bonchev–Trinajstić information content (AvgIpc) is 3.31. The van der Waals surface area contributed by atoms with Crippen LogP contribution in [-0.2, 0) is 11.2 Å². The first-order valence-corrected chi connectivity index (χ1v) is 17.7. The maximum absolute atomic E-state index is 17.1.